The van der Waals surface area contributed by atoms with E-state index in [1.54, 1.807) is 6.20 Å². The number of imidazole rings is 1. The molecule has 1 atom stereocenters. The fourth-order valence-corrected chi connectivity index (χ4v) is 2.14. The van der Waals surface area contributed by atoms with E-state index >= 15 is 0 Å². The summed E-state index contributed by atoms with van der Waals surface area (Å²) >= 11 is 0. The number of ether oxygens (including phenoxy) is 1. The molecule has 1 amide bonds. The largest absolute Gasteiger partial charge is 0.375 e. The summed E-state index contributed by atoms with van der Waals surface area (Å²) in [5, 5.41) is 3.29. The van der Waals surface area contributed by atoms with Crippen LogP contribution < -0.4 is 5.32 Å². The molecule has 0 saturated carbocycles. The van der Waals surface area contributed by atoms with Gasteiger partial charge in [0.2, 0.25) is 5.91 Å². The van der Waals surface area contributed by atoms with Crippen molar-refractivity contribution < 1.29 is 9.53 Å². The van der Waals surface area contributed by atoms with Crippen LogP contribution >= 0.6 is 12.4 Å². The molecule has 1 aliphatic rings. The van der Waals surface area contributed by atoms with E-state index in [-0.39, 0.29) is 31.0 Å². The number of piperazine rings is 1. The highest BCUT2D eigenvalue weighted by molar-refractivity contribution is 5.85. The van der Waals surface area contributed by atoms with Crippen molar-refractivity contribution in [3.63, 3.8) is 0 Å². The van der Waals surface area contributed by atoms with Crippen LogP contribution in [0.1, 0.15) is 11.9 Å². The first-order chi connectivity index (χ1) is 8.24. The number of hydrogen-bond acceptors (Lipinski definition) is 4. The molecule has 102 valence electrons. The Morgan fingerprint density at radius 3 is 3.06 bits per heavy atom. The van der Waals surface area contributed by atoms with E-state index in [1.807, 2.05) is 22.7 Å². The van der Waals surface area contributed by atoms with Gasteiger partial charge in [-0.25, -0.2) is 4.98 Å². The van der Waals surface area contributed by atoms with Crippen molar-refractivity contribution in [3.05, 3.63) is 18.2 Å². The van der Waals surface area contributed by atoms with E-state index in [1.165, 1.54) is 7.11 Å². The highest BCUT2D eigenvalue weighted by Crippen LogP contribution is 2.20. The van der Waals surface area contributed by atoms with Gasteiger partial charge in [-0.2, -0.15) is 0 Å². The molecule has 1 aliphatic heterocycles. The third-order valence-electron chi connectivity index (χ3n) is 2.99. The zero-order valence-electron chi connectivity index (χ0n) is 10.6. The fourth-order valence-electron chi connectivity index (χ4n) is 2.14. The van der Waals surface area contributed by atoms with Crippen LogP contribution in [0.3, 0.4) is 0 Å². The summed E-state index contributed by atoms with van der Waals surface area (Å²) in [4.78, 5) is 18.1. The smallest absolute Gasteiger partial charge is 0.249 e. The van der Waals surface area contributed by atoms with Gasteiger partial charge in [-0.05, 0) is 0 Å². The van der Waals surface area contributed by atoms with E-state index in [9.17, 15) is 4.79 Å². The van der Waals surface area contributed by atoms with E-state index in [2.05, 4.69) is 10.3 Å². The molecule has 0 spiro atoms. The molecule has 0 aromatic carbocycles. The Morgan fingerprint density at radius 1 is 1.67 bits per heavy atom. The topological polar surface area (TPSA) is 59.4 Å². The molecule has 1 aromatic rings. The molecule has 1 unspecified atom stereocenters. The Kier molecular flexibility index (Phi) is 5.58. The molecule has 6 nitrogen and oxygen atoms in total. The van der Waals surface area contributed by atoms with Gasteiger partial charge in [0.25, 0.3) is 0 Å². The van der Waals surface area contributed by atoms with Crippen molar-refractivity contribution >= 4 is 18.3 Å². The van der Waals surface area contributed by atoms with Crippen LogP contribution in [0.25, 0.3) is 0 Å². The lowest BCUT2D eigenvalue weighted by molar-refractivity contribution is -0.138. The molecule has 0 aliphatic carbocycles. The van der Waals surface area contributed by atoms with Crippen LogP contribution in [-0.2, 0) is 16.6 Å². The van der Waals surface area contributed by atoms with Crippen LogP contribution in [0.2, 0.25) is 0 Å². The first kappa shape index (κ1) is 14.9. The zero-order valence-corrected chi connectivity index (χ0v) is 11.4. The molecule has 1 fully saturated rings. The molecular weight excluding hydrogens is 256 g/mol. The Labute approximate surface area is 113 Å². The molecule has 1 N–H and O–H groups in total. The average molecular weight is 275 g/mol. The third-order valence-corrected chi connectivity index (χ3v) is 2.99. The van der Waals surface area contributed by atoms with Crippen molar-refractivity contribution in [1.29, 1.82) is 0 Å². The highest BCUT2D eigenvalue weighted by atomic mass is 35.5. The summed E-state index contributed by atoms with van der Waals surface area (Å²) in [5.74, 6) is 0.920. The van der Waals surface area contributed by atoms with Crippen molar-refractivity contribution in [2.45, 2.75) is 6.04 Å². The van der Waals surface area contributed by atoms with Crippen molar-refractivity contribution in [2.24, 2.45) is 7.05 Å². The molecule has 2 rings (SSSR count). The lowest BCUT2D eigenvalue weighted by atomic mass is 10.1. The zero-order chi connectivity index (χ0) is 12.3. The second kappa shape index (κ2) is 6.72. The Morgan fingerprint density at radius 2 is 2.44 bits per heavy atom. The number of methoxy groups -OCH3 is 1. The van der Waals surface area contributed by atoms with Gasteiger partial charge in [0.15, 0.2) is 0 Å². The maximum absolute atomic E-state index is 12.0. The normalized spacial score (nSPS) is 19.4. The Bertz CT molecular complexity index is 396. The minimum absolute atomic E-state index is 0. The van der Waals surface area contributed by atoms with Crippen LogP contribution in [0.4, 0.5) is 0 Å². The average Bonchev–Trinajstić information content (AvgIpc) is 2.76. The lowest BCUT2D eigenvalue weighted by Gasteiger charge is -2.35. The van der Waals surface area contributed by atoms with E-state index in [4.69, 9.17) is 4.74 Å². The number of nitrogens with zero attached hydrogens (tertiary/aromatic N) is 3. The van der Waals surface area contributed by atoms with Crippen molar-refractivity contribution in [3.8, 4) is 0 Å². The van der Waals surface area contributed by atoms with Crippen LogP contribution in [-0.4, -0.2) is 53.7 Å². The van der Waals surface area contributed by atoms with Crippen molar-refractivity contribution in [1.82, 2.24) is 19.8 Å². The summed E-state index contributed by atoms with van der Waals surface area (Å²) in [7, 11) is 3.48. The number of rotatable bonds is 3. The number of hydrogen-bond donors (Lipinski definition) is 1. The van der Waals surface area contributed by atoms with Gasteiger partial charge in [-0.3, -0.25) is 4.79 Å². The fraction of sp³-hybridized carbons (Fsp3) is 0.636. The SMILES string of the molecule is COCC(=O)N1CCNCC1c1nccn1C.Cl. The number of carbonyl (C=O) groups excluding carboxylic acids is 1. The van der Waals surface area contributed by atoms with Crippen molar-refractivity contribution in [2.75, 3.05) is 33.4 Å². The summed E-state index contributed by atoms with van der Waals surface area (Å²) in [6, 6.07) is -0.00796. The molecular formula is C11H19ClN4O2. The van der Waals surface area contributed by atoms with E-state index < -0.39 is 0 Å². The van der Waals surface area contributed by atoms with Gasteiger partial charge in [0.1, 0.15) is 18.5 Å². The number of carbonyl (C=O) groups is 1. The minimum atomic E-state index is -0.00796. The van der Waals surface area contributed by atoms with Gasteiger partial charge in [0, 0.05) is 46.2 Å². The predicted octanol–water partition coefficient (Wildman–Crippen LogP) is -0.0388. The van der Waals surface area contributed by atoms with Gasteiger partial charge in [0.05, 0.1) is 0 Å². The second-order valence-electron chi connectivity index (χ2n) is 4.14. The highest BCUT2D eigenvalue weighted by Gasteiger charge is 2.29. The molecule has 0 bridgehead atoms. The first-order valence-corrected chi connectivity index (χ1v) is 5.70. The number of aryl methyl sites for hydroxylation is 1. The third kappa shape index (κ3) is 3.01. The molecule has 7 heteroatoms. The van der Waals surface area contributed by atoms with Gasteiger partial charge < -0.3 is 19.5 Å². The number of aromatic nitrogens is 2. The van der Waals surface area contributed by atoms with Gasteiger partial charge in [-0.1, -0.05) is 0 Å². The maximum atomic E-state index is 12.0. The quantitative estimate of drug-likeness (QED) is 0.840. The van der Waals surface area contributed by atoms with E-state index in [0.717, 1.165) is 18.9 Å². The monoisotopic (exact) mass is 274 g/mol. The standard InChI is InChI=1S/C11H18N4O2.ClH/c1-14-5-4-13-11(14)9-7-12-3-6-15(9)10(16)8-17-2;/h4-5,9,12H,3,6-8H2,1-2H3;1H. The van der Waals surface area contributed by atoms with Gasteiger partial charge in [-0.15, -0.1) is 12.4 Å². The summed E-state index contributed by atoms with van der Waals surface area (Å²) in [5.41, 5.74) is 0. The Hall–Kier alpha value is -1.11. The summed E-state index contributed by atoms with van der Waals surface area (Å²) in [6.45, 7) is 2.37. The number of halogens is 1. The number of amides is 1. The minimum Gasteiger partial charge on any atom is -0.375 e. The maximum Gasteiger partial charge on any atom is 0.249 e. The molecule has 1 saturated heterocycles. The van der Waals surface area contributed by atoms with Gasteiger partial charge >= 0.3 is 0 Å². The molecule has 18 heavy (non-hydrogen) atoms. The van der Waals surface area contributed by atoms with Crippen LogP contribution in [0.15, 0.2) is 12.4 Å². The second-order valence-corrected chi connectivity index (χ2v) is 4.14. The Balaban J connectivity index is 0.00000162. The van der Waals surface area contributed by atoms with Crippen LogP contribution in [0, 0.1) is 0 Å². The molecule has 1 aromatic heterocycles. The first-order valence-electron chi connectivity index (χ1n) is 5.70. The lowest BCUT2D eigenvalue weighted by Crippen LogP contribution is -2.50. The predicted molar refractivity (Wildman–Crippen MR) is 69.7 cm³/mol. The summed E-state index contributed by atoms with van der Waals surface area (Å²) in [6.07, 6.45) is 3.64. The van der Waals surface area contributed by atoms with E-state index in [0.29, 0.717) is 6.54 Å². The number of nitrogens with one attached hydrogen (secondary N) is 1. The summed E-state index contributed by atoms with van der Waals surface area (Å²) < 4.78 is 6.86. The van der Waals surface area contributed by atoms with Crippen LogP contribution in [0.5, 0.6) is 0 Å². The molecule has 2 heterocycles. The molecule has 0 radical (unpaired) electrons.